The number of aryl methyl sites for hydroxylation is 1. The number of nitro groups is 1. The maximum absolute atomic E-state index is 11.1. The number of benzene rings is 2. The molecular formula is C21H19ClN2O5. The zero-order chi connectivity index (χ0) is 20.8. The summed E-state index contributed by atoms with van der Waals surface area (Å²) >= 11 is 5.90. The first kappa shape index (κ1) is 20.4. The van der Waals surface area contributed by atoms with Crippen molar-refractivity contribution in [1.29, 1.82) is 0 Å². The van der Waals surface area contributed by atoms with E-state index in [1.807, 2.05) is 37.3 Å². The van der Waals surface area contributed by atoms with E-state index in [9.17, 15) is 10.1 Å². The summed E-state index contributed by atoms with van der Waals surface area (Å²) in [5, 5.41) is 15.5. The largest absolute Gasteiger partial charge is 0.490 e. The molecule has 0 spiro atoms. The molecule has 0 radical (unpaired) electrons. The molecule has 1 heterocycles. The zero-order valence-electron chi connectivity index (χ0n) is 15.9. The third-order valence-electron chi connectivity index (χ3n) is 4.04. The highest BCUT2D eigenvalue weighted by Gasteiger charge is 2.21. The van der Waals surface area contributed by atoms with Crippen molar-refractivity contribution in [3.05, 3.63) is 80.2 Å². The van der Waals surface area contributed by atoms with Crippen LogP contribution in [0.15, 0.2) is 47.0 Å². The summed E-state index contributed by atoms with van der Waals surface area (Å²) < 4.78 is 16.6. The van der Waals surface area contributed by atoms with Crippen LogP contribution >= 0.6 is 11.6 Å². The van der Waals surface area contributed by atoms with E-state index < -0.39 is 4.92 Å². The lowest BCUT2D eigenvalue weighted by atomic mass is 10.1. The molecular weight excluding hydrogens is 396 g/mol. The molecule has 0 atom stereocenters. The van der Waals surface area contributed by atoms with Crippen LogP contribution in [0.5, 0.6) is 11.5 Å². The average molecular weight is 415 g/mol. The molecule has 3 rings (SSSR count). The number of ether oxygens (including phenoxy) is 2. The Morgan fingerprint density at radius 1 is 1.14 bits per heavy atom. The van der Waals surface area contributed by atoms with Crippen LogP contribution in [-0.4, -0.2) is 16.7 Å². The molecule has 0 saturated carbocycles. The lowest BCUT2D eigenvalue weighted by molar-refractivity contribution is -0.386. The van der Waals surface area contributed by atoms with Gasteiger partial charge in [-0.25, -0.2) is 0 Å². The first-order valence-electron chi connectivity index (χ1n) is 8.90. The van der Waals surface area contributed by atoms with Crippen LogP contribution in [0.25, 0.3) is 12.2 Å². The lowest BCUT2D eigenvalue weighted by Gasteiger charge is -2.13. The minimum Gasteiger partial charge on any atom is -0.490 e. The molecule has 7 nitrogen and oxygen atoms in total. The Bertz CT molecular complexity index is 1030. The van der Waals surface area contributed by atoms with E-state index in [1.165, 1.54) is 13.0 Å². The molecule has 0 saturated heterocycles. The van der Waals surface area contributed by atoms with Gasteiger partial charge in [0.2, 0.25) is 5.76 Å². The Morgan fingerprint density at radius 2 is 1.90 bits per heavy atom. The molecule has 0 aliphatic carbocycles. The van der Waals surface area contributed by atoms with Gasteiger partial charge < -0.3 is 14.0 Å². The minimum absolute atomic E-state index is 0.0912. The van der Waals surface area contributed by atoms with Gasteiger partial charge in [-0.2, -0.15) is 0 Å². The van der Waals surface area contributed by atoms with Gasteiger partial charge in [-0.15, -0.1) is 0 Å². The number of nitrogens with zero attached hydrogens (tertiary/aromatic N) is 2. The van der Waals surface area contributed by atoms with Crippen LogP contribution in [0, 0.1) is 17.0 Å². The van der Waals surface area contributed by atoms with Gasteiger partial charge in [0.05, 0.1) is 11.5 Å². The molecule has 0 unspecified atom stereocenters. The SMILES string of the molecule is CCOc1cc(/C=C\c2onc(C)c2[N+](=O)[O-])ccc1OCc1ccc(Cl)cc1. The summed E-state index contributed by atoms with van der Waals surface area (Å²) in [5.41, 5.74) is 1.84. The second-order valence-electron chi connectivity index (χ2n) is 6.13. The fraction of sp³-hybridized carbons (Fsp3) is 0.190. The van der Waals surface area contributed by atoms with Gasteiger partial charge in [0, 0.05) is 5.02 Å². The first-order valence-corrected chi connectivity index (χ1v) is 9.28. The van der Waals surface area contributed by atoms with E-state index in [0.29, 0.717) is 29.7 Å². The van der Waals surface area contributed by atoms with Crippen molar-refractivity contribution in [2.75, 3.05) is 6.61 Å². The van der Waals surface area contributed by atoms with Crippen LogP contribution in [-0.2, 0) is 6.61 Å². The van der Waals surface area contributed by atoms with Crippen molar-refractivity contribution < 1.29 is 18.9 Å². The van der Waals surface area contributed by atoms with Gasteiger partial charge in [0.25, 0.3) is 0 Å². The Kier molecular flexibility index (Phi) is 6.51. The monoisotopic (exact) mass is 414 g/mol. The minimum atomic E-state index is -0.509. The summed E-state index contributed by atoms with van der Waals surface area (Å²) in [7, 11) is 0. The molecule has 0 aliphatic heterocycles. The molecule has 1 aromatic heterocycles. The fourth-order valence-electron chi connectivity index (χ4n) is 2.64. The molecule has 8 heteroatoms. The maximum atomic E-state index is 11.1. The van der Waals surface area contributed by atoms with Crippen LogP contribution in [0.2, 0.25) is 5.02 Å². The van der Waals surface area contributed by atoms with Crippen molar-refractivity contribution in [2.24, 2.45) is 0 Å². The molecule has 0 N–H and O–H groups in total. The van der Waals surface area contributed by atoms with E-state index >= 15 is 0 Å². The number of halogens is 1. The highest BCUT2D eigenvalue weighted by molar-refractivity contribution is 6.30. The summed E-state index contributed by atoms with van der Waals surface area (Å²) in [5.74, 6) is 1.26. The summed E-state index contributed by atoms with van der Waals surface area (Å²) in [6, 6.07) is 12.8. The molecule has 3 aromatic rings. The van der Waals surface area contributed by atoms with Crippen molar-refractivity contribution in [2.45, 2.75) is 20.5 Å². The van der Waals surface area contributed by atoms with Gasteiger partial charge in [-0.3, -0.25) is 10.1 Å². The molecule has 0 amide bonds. The lowest BCUT2D eigenvalue weighted by Crippen LogP contribution is -2.00. The number of aromatic nitrogens is 1. The predicted molar refractivity (Wildman–Crippen MR) is 110 cm³/mol. The molecule has 150 valence electrons. The molecule has 2 aromatic carbocycles. The number of rotatable bonds is 8. The normalized spacial score (nSPS) is 11.0. The smallest absolute Gasteiger partial charge is 0.338 e. The fourth-order valence-corrected chi connectivity index (χ4v) is 2.77. The van der Waals surface area contributed by atoms with E-state index in [4.69, 9.17) is 25.6 Å². The van der Waals surface area contributed by atoms with Gasteiger partial charge in [0.1, 0.15) is 6.61 Å². The van der Waals surface area contributed by atoms with Gasteiger partial charge in [-0.05, 0) is 55.3 Å². The van der Waals surface area contributed by atoms with E-state index in [-0.39, 0.29) is 17.1 Å². The number of hydrogen-bond donors (Lipinski definition) is 0. The molecule has 0 bridgehead atoms. The topological polar surface area (TPSA) is 87.6 Å². The quantitative estimate of drug-likeness (QED) is 0.347. The molecule has 0 aliphatic rings. The van der Waals surface area contributed by atoms with Gasteiger partial charge in [0.15, 0.2) is 17.2 Å². The van der Waals surface area contributed by atoms with Crippen LogP contribution < -0.4 is 9.47 Å². The molecule has 29 heavy (non-hydrogen) atoms. The highest BCUT2D eigenvalue weighted by Crippen LogP contribution is 2.31. The van der Waals surface area contributed by atoms with E-state index in [1.54, 1.807) is 18.2 Å². The first-order chi connectivity index (χ1) is 14.0. The summed E-state index contributed by atoms with van der Waals surface area (Å²) in [6.45, 7) is 4.25. The van der Waals surface area contributed by atoms with Crippen LogP contribution in [0.4, 0.5) is 5.69 Å². The summed E-state index contributed by atoms with van der Waals surface area (Å²) in [4.78, 5) is 10.6. The summed E-state index contributed by atoms with van der Waals surface area (Å²) in [6.07, 6.45) is 3.20. The Labute approximate surface area is 172 Å². The van der Waals surface area contributed by atoms with Crippen molar-refractivity contribution in [1.82, 2.24) is 5.16 Å². The van der Waals surface area contributed by atoms with Crippen LogP contribution in [0.1, 0.15) is 29.5 Å². The highest BCUT2D eigenvalue weighted by atomic mass is 35.5. The van der Waals surface area contributed by atoms with E-state index in [0.717, 1.165) is 11.1 Å². The second kappa shape index (κ2) is 9.25. The molecule has 0 fully saturated rings. The van der Waals surface area contributed by atoms with Crippen molar-refractivity contribution in [3.8, 4) is 11.5 Å². The average Bonchev–Trinajstić information content (AvgIpc) is 3.08. The number of hydrogen-bond acceptors (Lipinski definition) is 6. The third kappa shape index (κ3) is 5.14. The van der Waals surface area contributed by atoms with Gasteiger partial charge in [-0.1, -0.05) is 41.0 Å². The second-order valence-corrected chi connectivity index (χ2v) is 6.56. The van der Waals surface area contributed by atoms with Gasteiger partial charge >= 0.3 is 5.69 Å². The zero-order valence-corrected chi connectivity index (χ0v) is 16.7. The Hall–Kier alpha value is -3.32. The van der Waals surface area contributed by atoms with Crippen molar-refractivity contribution in [3.63, 3.8) is 0 Å². The van der Waals surface area contributed by atoms with Crippen LogP contribution in [0.3, 0.4) is 0 Å². The third-order valence-corrected chi connectivity index (χ3v) is 4.29. The van der Waals surface area contributed by atoms with E-state index in [2.05, 4.69) is 5.16 Å². The van der Waals surface area contributed by atoms with Crippen molar-refractivity contribution >= 4 is 29.4 Å². The Morgan fingerprint density at radius 3 is 2.59 bits per heavy atom. The predicted octanol–water partition coefficient (Wildman–Crippen LogP) is 5.69. The maximum Gasteiger partial charge on any atom is 0.338 e. The standard InChI is InChI=1S/C21H19ClN2O5/c1-3-27-20-12-15(7-11-19-21(24(25)26)14(2)23-29-19)6-10-18(20)28-13-16-4-8-17(22)9-5-16/h4-12H,3,13H2,1-2H3/b11-7-. The Balaban J connectivity index is 1.78.